The Bertz CT molecular complexity index is 79.6. The van der Waals surface area contributed by atoms with Gasteiger partial charge in [0, 0.05) is 0 Å². The Morgan fingerprint density at radius 3 is 2.00 bits per heavy atom. The topological polar surface area (TPSA) is 0 Å². The van der Waals surface area contributed by atoms with Gasteiger partial charge in [0.1, 0.15) is 0 Å². The van der Waals surface area contributed by atoms with Crippen LogP contribution in [0.25, 0.3) is 0 Å². The van der Waals surface area contributed by atoms with E-state index < -0.39 is 3.79 Å². The van der Waals surface area contributed by atoms with E-state index in [1.165, 1.54) is 17.3 Å². The molecule has 0 aliphatic carbocycles. The van der Waals surface area contributed by atoms with Gasteiger partial charge in [0.05, 0.1) is 0 Å². The van der Waals surface area contributed by atoms with Crippen molar-refractivity contribution in [1.29, 1.82) is 0 Å². The quantitative estimate of drug-likeness (QED) is 0.424. The second-order valence-corrected chi connectivity index (χ2v) is 6.12. The molecule has 0 aliphatic rings. The summed E-state index contributed by atoms with van der Waals surface area (Å²) in [5, 5.41) is 0. The molecule has 0 aromatic rings. The van der Waals surface area contributed by atoms with Crippen LogP contribution in [0, 0.1) is 0 Å². The number of hydrogen-bond donors (Lipinski definition) is 0. The third-order valence-electron chi connectivity index (χ3n) is 1.14. The summed E-state index contributed by atoms with van der Waals surface area (Å²) in [6, 6.07) is 0. The maximum absolute atomic E-state index is 5.55. The van der Waals surface area contributed by atoms with Crippen LogP contribution in [0.15, 0.2) is 0 Å². The van der Waals surface area contributed by atoms with Crippen molar-refractivity contribution in [3.8, 4) is 0 Å². The predicted octanol–water partition coefficient (Wildman–Crippen LogP) is 3.50. The van der Waals surface area contributed by atoms with Crippen molar-refractivity contribution in [2.75, 3.05) is 0 Å². The number of hydrogen-bond acceptors (Lipinski definition) is 0. The Morgan fingerprint density at radius 2 is 1.60 bits per heavy atom. The van der Waals surface area contributed by atoms with Gasteiger partial charge in [-0.2, -0.15) is 0 Å². The summed E-state index contributed by atoms with van der Waals surface area (Å²) in [5.74, 6) is 0. The number of unbranched alkanes of at least 4 members (excludes halogenated alkanes) is 2. The van der Waals surface area contributed by atoms with Crippen LogP contribution in [0.3, 0.4) is 0 Å². The first-order valence-corrected chi connectivity index (χ1v) is 6.43. The monoisotopic (exact) mass is 307 g/mol. The van der Waals surface area contributed by atoms with E-state index in [0.29, 0.717) is 6.42 Å². The van der Waals surface area contributed by atoms with Crippen LogP contribution in [0.2, 0.25) is 4.44 Å². The van der Waals surface area contributed by atoms with Crippen LogP contribution in [0.1, 0.15) is 25.7 Å². The molecule has 0 heterocycles. The van der Waals surface area contributed by atoms with Crippen LogP contribution < -0.4 is 0 Å². The zero-order valence-electron chi connectivity index (χ0n) is 5.67. The maximum atomic E-state index is 5.55. The minimum atomic E-state index is -1.03. The molecule has 0 bridgehead atoms. The van der Waals surface area contributed by atoms with Gasteiger partial charge in [-0.15, -0.1) is 0 Å². The molecular formula is C6H10Cl3Sn+3. The summed E-state index contributed by atoms with van der Waals surface area (Å²) >= 11 is 18.2. The zero-order chi connectivity index (χ0) is 8.04. The van der Waals surface area contributed by atoms with E-state index in [4.69, 9.17) is 34.8 Å². The Hall–Kier alpha value is 1.67. The van der Waals surface area contributed by atoms with Crippen molar-refractivity contribution in [3.05, 3.63) is 0 Å². The van der Waals surface area contributed by atoms with Gasteiger partial charge in [-0.05, 0) is 0 Å². The molecule has 56 valence electrons. The van der Waals surface area contributed by atoms with E-state index in [-0.39, 0.29) is 0 Å². The third-order valence-corrected chi connectivity index (χ3v) is 2.71. The van der Waals surface area contributed by atoms with Gasteiger partial charge < -0.3 is 0 Å². The van der Waals surface area contributed by atoms with Crippen LogP contribution in [0.5, 0.6) is 0 Å². The fourth-order valence-corrected chi connectivity index (χ4v) is 1.74. The van der Waals surface area contributed by atoms with Gasteiger partial charge in [0.25, 0.3) is 0 Å². The van der Waals surface area contributed by atoms with Crippen LogP contribution in [-0.4, -0.2) is 26.3 Å². The molecule has 0 aromatic carbocycles. The molecule has 0 fully saturated rings. The summed E-state index contributed by atoms with van der Waals surface area (Å²) in [4.78, 5) is 0. The van der Waals surface area contributed by atoms with E-state index in [1.807, 2.05) is 0 Å². The summed E-state index contributed by atoms with van der Waals surface area (Å²) < 4.78 is 0.285. The Kier molecular flexibility index (Phi) is 7.25. The Morgan fingerprint density at radius 1 is 1.00 bits per heavy atom. The zero-order valence-corrected chi connectivity index (χ0v) is 10.8. The van der Waals surface area contributed by atoms with Crippen molar-refractivity contribution < 1.29 is 0 Å². The molecule has 0 unspecified atom stereocenters. The minimum absolute atomic E-state index is 0.688. The predicted molar refractivity (Wildman–Crippen MR) is 49.3 cm³/mol. The standard InChI is InChI=1S/C6H10Cl3.Sn/c1-2-3-4-5-6(7,8)9;/h1-5H2;/q;+3. The second-order valence-electron chi connectivity index (χ2n) is 2.18. The van der Waals surface area contributed by atoms with Gasteiger partial charge in [0.2, 0.25) is 0 Å². The first-order chi connectivity index (χ1) is 4.56. The molecule has 0 aromatic heterocycles. The summed E-state index contributed by atoms with van der Waals surface area (Å²) in [6.07, 6.45) is 4.19. The molecule has 0 nitrogen and oxygen atoms in total. The van der Waals surface area contributed by atoms with Gasteiger partial charge in [0.15, 0.2) is 0 Å². The van der Waals surface area contributed by atoms with Crippen molar-refractivity contribution in [3.63, 3.8) is 0 Å². The second kappa shape index (κ2) is 6.21. The van der Waals surface area contributed by atoms with Crippen LogP contribution >= 0.6 is 34.8 Å². The van der Waals surface area contributed by atoms with Crippen molar-refractivity contribution >= 4 is 57.3 Å². The number of rotatable bonds is 4. The molecule has 0 spiro atoms. The molecule has 0 rings (SSSR count). The summed E-state index contributed by atoms with van der Waals surface area (Å²) in [7, 11) is 0. The van der Waals surface area contributed by atoms with Gasteiger partial charge in [-0.1, -0.05) is 0 Å². The Labute approximate surface area is 90.7 Å². The van der Waals surface area contributed by atoms with Gasteiger partial charge >= 0.3 is 91.2 Å². The fourth-order valence-electron chi connectivity index (χ4n) is 0.627. The molecule has 0 saturated carbocycles. The summed E-state index contributed by atoms with van der Waals surface area (Å²) in [5.41, 5.74) is 0. The van der Waals surface area contributed by atoms with Gasteiger partial charge in [-0.3, -0.25) is 0 Å². The van der Waals surface area contributed by atoms with Crippen LogP contribution in [-0.2, 0) is 0 Å². The molecule has 0 aliphatic heterocycles. The van der Waals surface area contributed by atoms with Crippen molar-refractivity contribution in [2.45, 2.75) is 33.9 Å². The van der Waals surface area contributed by atoms with E-state index in [0.717, 1.165) is 6.42 Å². The Balaban J connectivity index is 3.04. The SMILES string of the molecule is ClC(Cl)(Cl)CCCC[CH2][Sn+3]. The molecular weight excluding hydrogens is 297 g/mol. The summed E-state index contributed by atoms with van der Waals surface area (Å²) in [6.45, 7) is 0. The number of alkyl halides is 3. The first-order valence-electron chi connectivity index (χ1n) is 3.27. The van der Waals surface area contributed by atoms with Crippen LogP contribution in [0.4, 0.5) is 0 Å². The molecule has 4 heteroatoms. The van der Waals surface area contributed by atoms with E-state index >= 15 is 0 Å². The van der Waals surface area contributed by atoms with E-state index in [1.54, 1.807) is 22.5 Å². The number of halogens is 3. The third kappa shape index (κ3) is 9.67. The van der Waals surface area contributed by atoms with Crippen molar-refractivity contribution in [1.82, 2.24) is 0 Å². The molecule has 0 radical (unpaired) electrons. The van der Waals surface area contributed by atoms with E-state index in [2.05, 4.69) is 0 Å². The van der Waals surface area contributed by atoms with Gasteiger partial charge in [-0.25, -0.2) is 0 Å². The molecule has 0 N–H and O–H groups in total. The average Bonchev–Trinajstić information content (AvgIpc) is 1.78. The van der Waals surface area contributed by atoms with Crippen molar-refractivity contribution in [2.24, 2.45) is 0 Å². The normalized spacial score (nSPS) is 12.1. The average molecular weight is 307 g/mol. The first kappa shape index (κ1) is 11.7. The molecule has 10 heavy (non-hydrogen) atoms. The van der Waals surface area contributed by atoms with E-state index in [9.17, 15) is 0 Å². The molecule has 0 amide bonds. The molecule has 0 saturated heterocycles. The molecule has 0 atom stereocenters. The fraction of sp³-hybridized carbons (Fsp3) is 1.00.